The maximum atomic E-state index is 12.6. The molecule has 1 amide bonds. The van der Waals surface area contributed by atoms with Crippen molar-refractivity contribution >= 4 is 11.9 Å². The van der Waals surface area contributed by atoms with Gasteiger partial charge in [0, 0.05) is 25.1 Å². The molecule has 1 aromatic rings. The molecule has 0 aliphatic carbocycles. The zero-order valence-corrected chi connectivity index (χ0v) is 16.9. The van der Waals surface area contributed by atoms with E-state index in [1.807, 2.05) is 6.92 Å². The van der Waals surface area contributed by atoms with Gasteiger partial charge >= 0.3 is 0 Å². The number of ether oxygens (including phenoxy) is 5. The van der Waals surface area contributed by atoms with Crippen molar-refractivity contribution in [1.82, 2.24) is 5.32 Å². The Labute approximate surface area is 170 Å². The Morgan fingerprint density at radius 3 is 2.86 bits per heavy atom. The number of benzene rings is 1. The van der Waals surface area contributed by atoms with Crippen molar-refractivity contribution in [3.8, 4) is 11.5 Å². The van der Waals surface area contributed by atoms with Crippen LogP contribution >= 0.6 is 0 Å². The monoisotopic (exact) mass is 408 g/mol. The van der Waals surface area contributed by atoms with Crippen molar-refractivity contribution < 1.29 is 33.4 Å². The molecule has 0 bridgehead atoms. The number of nitrogens with zero attached hydrogens (tertiary/aromatic N) is 1. The highest BCUT2D eigenvalue weighted by molar-refractivity contribution is 6.04. The average molecular weight is 408 g/mol. The summed E-state index contributed by atoms with van der Waals surface area (Å²) < 4.78 is 26.9. The molecule has 0 atom stereocenters. The van der Waals surface area contributed by atoms with E-state index in [4.69, 9.17) is 23.7 Å². The molecule has 29 heavy (non-hydrogen) atoms. The number of aliphatic imine (C=N–C) groups is 1. The van der Waals surface area contributed by atoms with Gasteiger partial charge < -0.3 is 28.6 Å². The van der Waals surface area contributed by atoms with Crippen LogP contribution in [0.5, 0.6) is 11.5 Å². The molecule has 2 N–H and O–H groups in total. The predicted octanol–water partition coefficient (Wildman–Crippen LogP) is -0.141. The molecule has 2 aliphatic rings. The third kappa shape index (κ3) is 6.88. The van der Waals surface area contributed by atoms with Gasteiger partial charge in [-0.3, -0.25) is 10.1 Å². The number of amides is 1. The summed E-state index contributed by atoms with van der Waals surface area (Å²) in [7, 11) is 0. The van der Waals surface area contributed by atoms with Crippen molar-refractivity contribution in [2.75, 3.05) is 66.0 Å². The van der Waals surface area contributed by atoms with E-state index in [0.717, 1.165) is 39.3 Å². The molecular formula is C20H30N3O6+. The number of nitrogens with one attached hydrogen (secondary N) is 2. The lowest BCUT2D eigenvalue weighted by atomic mass is 10.2. The minimum Gasteiger partial charge on any atom is -0.463 e. The number of rotatable bonds is 9. The van der Waals surface area contributed by atoms with Gasteiger partial charge in [-0.05, 0) is 25.1 Å². The highest BCUT2D eigenvalue weighted by atomic mass is 16.7. The number of quaternary nitrogens is 1. The number of carbonyl (C=O) groups is 1. The van der Waals surface area contributed by atoms with E-state index in [1.165, 1.54) is 4.90 Å². The Hall–Kier alpha value is -2.36. The standard InChI is InChI=1S/C20H29N3O6/c1-2-25-12-13-27-20(21-6-3-7-23-8-10-26-11-9-23)22-19(24)16-4-5-17-18(14-16)29-15-28-17/h4-5,14H,2-3,6-13,15H2,1H3,(H,21,22,24)/p+1. The SMILES string of the molecule is CCOCCOC(=NCCC[NH+]1CCOCC1)NC(=O)c1ccc2c(c1)OCO2. The van der Waals surface area contributed by atoms with Crippen LogP contribution in [-0.2, 0) is 14.2 Å². The lowest BCUT2D eigenvalue weighted by Gasteiger charge is -2.23. The topological polar surface area (TPSA) is 92.1 Å². The Morgan fingerprint density at radius 1 is 1.21 bits per heavy atom. The highest BCUT2D eigenvalue weighted by Gasteiger charge is 2.18. The summed E-state index contributed by atoms with van der Waals surface area (Å²) >= 11 is 0. The Balaban J connectivity index is 1.52. The first-order valence-corrected chi connectivity index (χ1v) is 10.1. The number of fused-ring (bicyclic) bond motifs is 1. The van der Waals surface area contributed by atoms with Crippen molar-refractivity contribution in [2.24, 2.45) is 4.99 Å². The van der Waals surface area contributed by atoms with Crippen LogP contribution in [0.2, 0.25) is 0 Å². The second-order valence-electron chi connectivity index (χ2n) is 6.72. The van der Waals surface area contributed by atoms with Crippen molar-refractivity contribution in [2.45, 2.75) is 13.3 Å². The number of hydrogen-bond acceptors (Lipinski definition) is 7. The highest BCUT2D eigenvalue weighted by Crippen LogP contribution is 2.32. The van der Waals surface area contributed by atoms with Crippen LogP contribution in [0.15, 0.2) is 23.2 Å². The van der Waals surface area contributed by atoms with E-state index in [9.17, 15) is 4.79 Å². The van der Waals surface area contributed by atoms with E-state index < -0.39 is 0 Å². The van der Waals surface area contributed by atoms with Crippen LogP contribution in [0.1, 0.15) is 23.7 Å². The Morgan fingerprint density at radius 2 is 2.03 bits per heavy atom. The van der Waals surface area contributed by atoms with Crippen LogP contribution < -0.4 is 19.7 Å². The van der Waals surface area contributed by atoms with Crippen LogP contribution in [-0.4, -0.2) is 77.9 Å². The van der Waals surface area contributed by atoms with Gasteiger partial charge in [-0.2, -0.15) is 0 Å². The molecule has 0 saturated carbocycles. The van der Waals surface area contributed by atoms with Gasteiger partial charge in [0.05, 0.1) is 26.4 Å². The molecular weight excluding hydrogens is 378 g/mol. The summed E-state index contributed by atoms with van der Waals surface area (Å²) in [5, 5.41) is 2.75. The maximum Gasteiger partial charge on any atom is 0.291 e. The fourth-order valence-corrected chi connectivity index (χ4v) is 3.09. The minimum atomic E-state index is -0.308. The van der Waals surface area contributed by atoms with Gasteiger partial charge in [0.15, 0.2) is 11.5 Å². The second-order valence-corrected chi connectivity index (χ2v) is 6.72. The molecule has 1 fully saturated rings. The maximum absolute atomic E-state index is 12.6. The zero-order valence-electron chi connectivity index (χ0n) is 16.9. The molecule has 0 spiro atoms. The molecule has 160 valence electrons. The predicted molar refractivity (Wildman–Crippen MR) is 106 cm³/mol. The number of amidine groups is 1. The van der Waals surface area contributed by atoms with Crippen LogP contribution in [0.3, 0.4) is 0 Å². The van der Waals surface area contributed by atoms with Crippen LogP contribution in [0.4, 0.5) is 0 Å². The van der Waals surface area contributed by atoms with Gasteiger partial charge in [0.25, 0.3) is 11.9 Å². The van der Waals surface area contributed by atoms with Crippen molar-refractivity contribution in [3.05, 3.63) is 23.8 Å². The normalized spacial score (nSPS) is 16.7. The summed E-state index contributed by atoms with van der Waals surface area (Å²) in [6.45, 7) is 8.75. The van der Waals surface area contributed by atoms with Crippen molar-refractivity contribution in [3.63, 3.8) is 0 Å². The molecule has 0 unspecified atom stereocenters. The Kier molecular flexibility index (Phi) is 8.54. The lowest BCUT2D eigenvalue weighted by molar-refractivity contribution is -0.908. The van der Waals surface area contributed by atoms with Gasteiger partial charge in [0.1, 0.15) is 19.7 Å². The summed E-state index contributed by atoms with van der Waals surface area (Å²) in [6.07, 6.45) is 0.910. The van der Waals surface area contributed by atoms with E-state index in [-0.39, 0.29) is 18.7 Å². The minimum absolute atomic E-state index is 0.165. The molecule has 0 radical (unpaired) electrons. The molecule has 0 aromatic heterocycles. The molecule has 2 aliphatic heterocycles. The smallest absolute Gasteiger partial charge is 0.291 e. The van der Waals surface area contributed by atoms with Gasteiger partial charge in [0.2, 0.25) is 6.79 Å². The third-order valence-corrected chi connectivity index (χ3v) is 4.67. The first kappa shape index (κ1) is 21.4. The molecule has 3 rings (SSSR count). The summed E-state index contributed by atoms with van der Waals surface area (Å²) in [6, 6.07) is 5.26. The summed E-state index contributed by atoms with van der Waals surface area (Å²) in [4.78, 5) is 18.6. The van der Waals surface area contributed by atoms with E-state index in [0.29, 0.717) is 43.4 Å². The fraction of sp³-hybridized carbons (Fsp3) is 0.600. The van der Waals surface area contributed by atoms with Gasteiger partial charge in [-0.1, -0.05) is 0 Å². The average Bonchev–Trinajstić information content (AvgIpc) is 3.22. The van der Waals surface area contributed by atoms with E-state index in [2.05, 4.69) is 10.3 Å². The first-order chi connectivity index (χ1) is 14.3. The second kappa shape index (κ2) is 11.6. The first-order valence-electron chi connectivity index (χ1n) is 10.1. The largest absolute Gasteiger partial charge is 0.463 e. The summed E-state index contributed by atoms with van der Waals surface area (Å²) in [5.74, 6) is 0.883. The van der Waals surface area contributed by atoms with Crippen molar-refractivity contribution in [1.29, 1.82) is 0 Å². The number of carbonyl (C=O) groups excluding carboxylic acids is 1. The lowest BCUT2D eigenvalue weighted by Crippen LogP contribution is -3.14. The summed E-state index contributed by atoms with van der Waals surface area (Å²) in [5.41, 5.74) is 0.452. The van der Waals surface area contributed by atoms with Crippen LogP contribution in [0, 0.1) is 0 Å². The molecule has 1 saturated heterocycles. The molecule has 1 aromatic carbocycles. The quantitative estimate of drug-likeness (QED) is 0.336. The number of morpholine rings is 1. The number of hydrogen-bond donors (Lipinski definition) is 2. The van der Waals surface area contributed by atoms with Gasteiger partial charge in [-0.15, -0.1) is 0 Å². The molecule has 9 heteroatoms. The molecule has 2 heterocycles. The molecule has 9 nitrogen and oxygen atoms in total. The Bertz CT molecular complexity index is 691. The fourth-order valence-electron chi connectivity index (χ4n) is 3.09. The third-order valence-electron chi connectivity index (χ3n) is 4.67. The zero-order chi connectivity index (χ0) is 20.3. The van der Waals surface area contributed by atoms with Gasteiger partial charge in [-0.25, -0.2) is 4.99 Å². The van der Waals surface area contributed by atoms with E-state index >= 15 is 0 Å². The van der Waals surface area contributed by atoms with E-state index in [1.54, 1.807) is 18.2 Å². The van der Waals surface area contributed by atoms with Crippen LogP contribution in [0.25, 0.3) is 0 Å².